The predicted octanol–water partition coefficient (Wildman–Crippen LogP) is 2.05. The third kappa shape index (κ3) is 3.20. The minimum atomic E-state index is -3.15. The molecule has 1 aromatic rings. The molecule has 1 aliphatic heterocycles. The van der Waals surface area contributed by atoms with E-state index in [4.69, 9.17) is 4.74 Å². The number of nitrogens with one attached hydrogen (secondary N) is 1. The fraction of sp³-hybridized carbons (Fsp3) is 0.455. The average Bonchev–Trinajstić information content (AvgIpc) is 2.72. The van der Waals surface area contributed by atoms with E-state index in [0.29, 0.717) is 17.5 Å². The molecular weight excluding hydrogens is 306 g/mol. The van der Waals surface area contributed by atoms with Gasteiger partial charge in [-0.25, -0.2) is 8.42 Å². The molecule has 0 amide bonds. The zero-order chi connectivity index (χ0) is 12.5. The number of rotatable bonds is 3. The fourth-order valence-electron chi connectivity index (χ4n) is 1.71. The Balaban J connectivity index is 2.19. The first-order chi connectivity index (χ1) is 7.97. The summed E-state index contributed by atoms with van der Waals surface area (Å²) < 4.78 is 28.8. The molecule has 0 radical (unpaired) electrons. The number of hydrogen-bond donors (Lipinski definition) is 1. The van der Waals surface area contributed by atoms with Crippen LogP contribution < -0.4 is 5.32 Å². The minimum absolute atomic E-state index is 0.301. The van der Waals surface area contributed by atoms with Crippen LogP contribution in [0.25, 0.3) is 0 Å². The molecular formula is C11H14BrNO3S. The van der Waals surface area contributed by atoms with Gasteiger partial charge in [0.1, 0.15) is 0 Å². The van der Waals surface area contributed by atoms with Crippen molar-refractivity contribution < 1.29 is 13.2 Å². The summed E-state index contributed by atoms with van der Waals surface area (Å²) >= 11 is 3.38. The first-order valence-electron chi connectivity index (χ1n) is 5.31. The maximum atomic E-state index is 11.4. The van der Waals surface area contributed by atoms with Gasteiger partial charge in [-0.15, -0.1) is 0 Å². The molecule has 0 saturated carbocycles. The Hall–Kier alpha value is -0.590. The number of hydrogen-bond acceptors (Lipinski definition) is 4. The average molecular weight is 320 g/mol. The molecule has 1 saturated heterocycles. The predicted molar refractivity (Wildman–Crippen MR) is 70.1 cm³/mol. The van der Waals surface area contributed by atoms with E-state index in [0.717, 1.165) is 23.2 Å². The molecule has 0 aliphatic carbocycles. The van der Waals surface area contributed by atoms with E-state index in [1.165, 1.54) is 6.26 Å². The van der Waals surface area contributed by atoms with Crippen molar-refractivity contribution in [2.45, 2.75) is 17.4 Å². The number of ether oxygens (including phenoxy) is 1. The van der Waals surface area contributed by atoms with E-state index in [1.807, 2.05) is 0 Å². The van der Waals surface area contributed by atoms with Gasteiger partial charge in [0.2, 0.25) is 0 Å². The van der Waals surface area contributed by atoms with E-state index < -0.39 is 9.84 Å². The Labute approximate surface area is 109 Å². The molecule has 0 bridgehead atoms. The highest BCUT2D eigenvalue weighted by atomic mass is 79.9. The van der Waals surface area contributed by atoms with Crippen molar-refractivity contribution in [3.63, 3.8) is 0 Å². The molecule has 1 atom stereocenters. The summed E-state index contributed by atoms with van der Waals surface area (Å²) in [6, 6.07) is 5.31. The van der Waals surface area contributed by atoms with E-state index in [2.05, 4.69) is 21.2 Å². The van der Waals surface area contributed by atoms with Crippen molar-refractivity contribution in [1.29, 1.82) is 0 Å². The van der Waals surface area contributed by atoms with Crippen LogP contribution in [0.4, 0.5) is 5.69 Å². The zero-order valence-electron chi connectivity index (χ0n) is 9.44. The molecule has 17 heavy (non-hydrogen) atoms. The topological polar surface area (TPSA) is 55.4 Å². The molecule has 1 heterocycles. The number of sulfone groups is 1. The second-order valence-corrected chi connectivity index (χ2v) is 6.99. The highest BCUT2D eigenvalue weighted by molar-refractivity contribution is 9.10. The highest BCUT2D eigenvalue weighted by Gasteiger charge is 2.17. The summed E-state index contributed by atoms with van der Waals surface area (Å²) in [5.74, 6) is 0. The van der Waals surface area contributed by atoms with Gasteiger partial charge in [-0.05, 0) is 40.5 Å². The quantitative estimate of drug-likeness (QED) is 0.926. The molecule has 1 aromatic carbocycles. The first kappa shape index (κ1) is 12.9. The second kappa shape index (κ2) is 4.96. The van der Waals surface area contributed by atoms with Crippen LogP contribution >= 0.6 is 15.9 Å². The monoisotopic (exact) mass is 319 g/mol. The molecule has 0 unspecified atom stereocenters. The van der Waals surface area contributed by atoms with Gasteiger partial charge in [0.05, 0.1) is 17.5 Å². The van der Waals surface area contributed by atoms with Gasteiger partial charge in [-0.1, -0.05) is 0 Å². The molecule has 94 valence electrons. The molecule has 4 nitrogen and oxygen atoms in total. The van der Waals surface area contributed by atoms with Crippen molar-refractivity contribution in [2.75, 3.05) is 24.8 Å². The van der Waals surface area contributed by atoms with Gasteiger partial charge in [0.15, 0.2) is 9.84 Å². The van der Waals surface area contributed by atoms with Crippen LogP contribution in [-0.4, -0.2) is 33.9 Å². The second-order valence-electron chi connectivity index (χ2n) is 4.12. The Morgan fingerprint density at radius 2 is 2.24 bits per heavy atom. The molecule has 2 rings (SSSR count). The zero-order valence-corrected chi connectivity index (χ0v) is 11.8. The van der Waals surface area contributed by atoms with Crippen LogP contribution in [0.5, 0.6) is 0 Å². The summed E-state index contributed by atoms with van der Waals surface area (Å²) in [4.78, 5) is 0.317. The molecule has 0 spiro atoms. The third-order valence-corrected chi connectivity index (χ3v) is 4.42. The summed E-state index contributed by atoms with van der Waals surface area (Å²) in [6.45, 7) is 1.47. The van der Waals surface area contributed by atoms with Crippen molar-refractivity contribution in [1.82, 2.24) is 0 Å². The van der Waals surface area contributed by atoms with Gasteiger partial charge in [-0.3, -0.25) is 0 Å². The van der Waals surface area contributed by atoms with Gasteiger partial charge in [0, 0.05) is 23.0 Å². The van der Waals surface area contributed by atoms with Crippen LogP contribution in [0.1, 0.15) is 6.42 Å². The van der Waals surface area contributed by atoms with Gasteiger partial charge in [-0.2, -0.15) is 0 Å². The first-order valence-corrected chi connectivity index (χ1v) is 7.99. The maximum Gasteiger partial charge on any atom is 0.175 e. The number of halogens is 1. The lowest BCUT2D eigenvalue weighted by Crippen LogP contribution is -2.19. The Kier molecular flexibility index (Phi) is 3.75. The fourth-order valence-corrected chi connectivity index (χ4v) is 3.00. The lowest BCUT2D eigenvalue weighted by molar-refractivity contribution is 0.195. The van der Waals surface area contributed by atoms with E-state index in [1.54, 1.807) is 18.2 Å². The minimum Gasteiger partial charge on any atom is -0.379 e. The van der Waals surface area contributed by atoms with Crippen LogP contribution in [0, 0.1) is 0 Å². The largest absolute Gasteiger partial charge is 0.379 e. The number of anilines is 1. The SMILES string of the molecule is CS(=O)(=O)c1ccc(N[C@@H]2CCOC2)c(Br)c1. The Morgan fingerprint density at radius 3 is 2.76 bits per heavy atom. The van der Waals surface area contributed by atoms with E-state index in [-0.39, 0.29) is 0 Å². The lowest BCUT2D eigenvalue weighted by Gasteiger charge is -2.14. The standard InChI is InChI=1S/C11H14BrNO3S/c1-17(14,15)9-2-3-11(10(12)6-9)13-8-4-5-16-7-8/h2-3,6,8,13H,4-5,7H2,1H3/t8-/m1/s1. The van der Waals surface area contributed by atoms with Crippen molar-refractivity contribution >= 4 is 31.5 Å². The molecule has 1 aliphatic rings. The number of benzene rings is 1. The Morgan fingerprint density at radius 1 is 1.47 bits per heavy atom. The van der Waals surface area contributed by atoms with Crippen LogP contribution in [0.15, 0.2) is 27.6 Å². The summed E-state index contributed by atoms with van der Waals surface area (Å²) in [6.07, 6.45) is 2.17. The van der Waals surface area contributed by atoms with Crippen molar-refractivity contribution in [3.05, 3.63) is 22.7 Å². The third-order valence-electron chi connectivity index (χ3n) is 2.66. The van der Waals surface area contributed by atoms with E-state index >= 15 is 0 Å². The summed E-state index contributed by atoms with van der Waals surface area (Å²) in [5.41, 5.74) is 0.896. The van der Waals surface area contributed by atoms with Crippen LogP contribution in [-0.2, 0) is 14.6 Å². The van der Waals surface area contributed by atoms with Gasteiger partial charge < -0.3 is 10.1 Å². The smallest absolute Gasteiger partial charge is 0.175 e. The van der Waals surface area contributed by atoms with Crippen LogP contribution in [0.3, 0.4) is 0 Å². The Bertz CT molecular complexity index is 509. The molecule has 6 heteroatoms. The van der Waals surface area contributed by atoms with Crippen molar-refractivity contribution in [3.8, 4) is 0 Å². The normalized spacial score (nSPS) is 20.5. The summed E-state index contributed by atoms with van der Waals surface area (Å²) in [5, 5.41) is 3.32. The van der Waals surface area contributed by atoms with Gasteiger partial charge in [0.25, 0.3) is 0 Å². The van der Waals surface area contributed by atoms with E-state index in [9.17, 15) is 8.42 Å². The molecule has 1 N–H and O–H groups in total. The molecule has 0 aromatic heterocycles. The lowest BCUT2D eigenvalue weighted by atomic mass is 10.2. The maximum absolute atomic E-state index is 11.4. The van der Waals surface area contributed by atoms with Crippen molar-refractivity contribution in [2.24, 2.45) is 0 Å². The molecule has 1 fully saturated rings. The van der Waals surface area contributed by atoms with Gasteiger partial charge >= 0.3 is 0 Å². The van der Waals surface area contributed by atoms with Crippen LogP contribution in [0.2, 0.25) is 0 Å². The summed E-state index contributed by atoms with van der Waals surface area (Å²) in [7, 11) is -3.15. The highest BCUT2D eigenvalue weighted by Crippen LogP contribution is 2.27.